The third kappa shape index (κ3) is 3.95. The Morgan fingerprint density at radius 2 is 2.25 bits per heavy atom. The van der Waals surface area contributed by atoms with Crippen LogP contribution in [0.2, 0.25) is 0 Å². The van der Waals surface area contributed by atoms with Gasteiger partial charge in [-0.15, -0.1) is 0 Å². The molecule has 0 aliphatic heterocycles. The minimum atomic E-state index is -0.897. The highest BCUT2D eigenvalue weighted by Crippen LogP contribution is 1.94. The number of rotatable bonds is 5. The van der Waals surface area contributed by atoms with Gasteiger partial charge in [-0.1, -0.05) is 0 Å². The van der Waals surface area contributed by atoms with Crippen LogP contribution in [0, 0.1) is 5.21 Å². The van der Waals surface area contributed by atoms with Gasteiger partial charge in [0.1, 0.15) is 5.56 Å². The number of carboxylic acids is 1. The van der Waals surface area contributed by atoms with Gasteiger partial charge in [-0.3, -0.25) is 9.59 Å². The lowest BCUT2D eigenvalue weighted by Crippen LogP contribution is -2.30. The summed E-state index contributed by atoms with van der Waals surface area (Å²) in [6.45, 7) is 0.277. The van der Waals surface area contributed by atoms with Crippen molar-refractivity contribution in [1.82, 2.24) is 5.32 Å². The Bertz CT molecular complexity index is 392. The second-order valence-electron chi connectivity index (χ2n) is 3.21. The standard InChI is InChI=1S/C10H12N2O4/c13-9(14)4-1-5-11-10(15)8-3-2-6-12(16)7-8/h2-3,6-7H,1,4-5H2,(H,11,15)(H,13,14). The molecule has 0 spiro atoms. The summed E-state index contributed by atoms with van der Waals surface area (Å²) < 4.78 is 0.534. The Labute approximate surface area is 92.1 Å². The van der Waals surface area contributed by atoms with Crippen LogP contribution >= 0.6 is 0 Å². The normalized spacial score (nSPS) is 9.75. The Morgan fingerprint density at radius 3 is 2.88 bits per heavy atom. The molecule has 0 saturated carbocycles. The van der Waals surface area contributed by atoms with E-state index >= 15 is 0 Å². The van der Waals surface area contributed by atoms with Crippen molar-refractivity contribution in [2.24, 2.45) is 0 Å². The van der Waals surface area contributed by atoms with Crippen molar-refractivity contribution in [2.45, 2.75) is 12.8 Å². The summed E-state index contributed by atoms with van der Waals surface area (Å²) in [6, 6.07) is 2.99. The second kappa shape index (κ2) is 5.69. The van der Waals surface area contributed by atoms with Crippen LogP contribution in [0.3, 0.4) is 0 Å². The number of carboxylic acid groups (broad SMARTS) is 1. The molecular formula is C10H12N2O4. The van der Waals surface area contributed by atoms with Crippen molar-refractivity contribution in [3.63, 3.8) is 0 Å². The Balaban J connectivity index is 2.38. The summed E-state index contributed by atoms with van der Waals surface area (Å²) in [5.74, 6) is -1.28. The number of nitrogens with zero attached hydrogens (tertiary/aromatic N) is 1. The minimum absolute atomic E-state index is 0.0105. The number of aromatic nitrogens is 1. The van der Waals surface area contributed by atoms with Crippen molar-refractivity contribution in [3.8, 4) is 0 Å². The summed E-state index contributed by atoms with van der Waals surface area (Å²) in [7, 11) is 0. The third-order valence-electron chi connectivity index (χ3n) is 1.89. The van der Waals surface area contributed by atoms with Gasteiger partial charge in [-0.25, -0.2) is 0 Å². The lowest BCUT2D eigenvalue weighted by molar-refractivity contribution is -0.605. The summed E-state index contributed by atoms with van der Waals surface area (Å²) >= 11 is 0. The first-order valence-electron chi connectivity index (χ1n) is 4.78. The monoisotopic (exact) mass is 224 g/mol. The quantitative estimate of drug-likeness (QED) is 0.415. The molecule has 0 saturated heterocycles. The van der Waals surface area contributed by atoms with Crippen LogP contribution < -0.4 is 10.0 Å². The molecule has 16 heavy (non-hydrogen) atoms. The zero-order valence-corrected chi connectivity index (χ0v) is 8.55. The molecule has 0 aromatic carbocycles. The van der Waals surface area contributed by atoms with Gasteiger partial charge in [0, 0.05) is 19.0 Å². The summed E-state index contributed by atoms with van der Waals surface area (Å²) in [6.07, 6.45) is 2.82. The maximum Gasteiger partial charge on any atom is 0.303 e. The number of hydrogen-bond donors (Lipinski definition) is 2. The fourth-order valence-electron chi connectivity index (χ4n) is 1.13. The summed E-state index contributed by atoms with van der Waals surface area (Å²) in [4.78, 5) is 21.6. The zero-order valence-electron chi connectivity index (χ0n) is 8.55. The van der Waals surface area contributed by atoms with Crippen LogP contribution in [0.1, 0.15) is 23.2 Å². The molecule has 86 valence electrons. The maximum absolute atomic E-state index is 11.4. The van der Waals surface area contributed by atoms with E-state index in [1.54, 1.807) is 0 Å². The molecule has 1 aromatic rings. The highest BCUT2D eigenvalue weighted by molar-refractivity contribution is 5.93. The predicted octanol–water partition coefficient (Wildman–Crippen LogP) is -0.0854. The molecule has 0 fully saturated rings. The topological polar surface area (TPSA) is 93.3 Å². The second-order valence-corrected chi connectivity index (χ2v) is 3.21. The van der Waals surface area contributed by atoms with Crippen LogP contribution in [0.15, 0.2) is 24.5 Å². The largest absolute Gasteiger partial charge is 0.619 e. The molecule has 1 aromatic heterocycles. The molecule has 0 radical (unpaired) electrons. The smallest absolute Gasteiger partial charge is 0.303 e. The molecule has 2 N–H and O–H groups in total. The van der Waals surface area contributed by atoms with Crippen LogP contribution in [-0.2, 0) is 4.79 Å². The third-order valence-corrected chi connectivity index (χ3v) is 1.89. The number of carbonyl (C=O) groups is 2. The Kier molecular flexibility index (Phi) is 4.26. The highest BCUT2D eigenvalue weighted by atomic mass is 16.5. The summed E-state index contributed by atoms with van der Waals surface area (Å²) in [5, 5.41) is 21.8. The lowest BCUT2D eigenvalue weighted by Gasteiger charge is -2.03. The molecule has 1 rings (SSSR count). The maximum atomic E-state index is 11.4. The first-order chi connectivity index (χ1) is 7.59. The first-order valence-corrected chi connectivity index (χ1v) is 4.78. The number of aliphatic carboxylic acids is 1. The van der Waals surface area contributed by atoms with Crippen LogP contribution in [-0.4, -0.2) is 23.5 Å². The lowest BCUT2D eigenvalue weighted by atomic mass is 10.2. The van der Waals surface area contributed by atoms with Crippen molar-refractivity contribution < 1.29 is 19.4 Å². The molecule has 6 nitrogen and oxygen atoms in total. The fraction of sp³-hybridized carbons (Fsp3) is 0.300. The van der Waals surface area contributed by atoms with Gasteiger partial charge in [0.25, 0.3) is 5.91 Å². The molecule has 1 heterocycles. The zero-order chi connectivity index (χ0) is 12.0. The van der Waals surface area contributed by atoms with Gasteiger partial charge >= 0.3 is 5.97 Å². The van der Waals surface area contributed by atoms with Crippen LogP contribution in [0.4, 0.5) is 0 Å². The van der Waals surface area contributed by atoms with Crippen LogP contribution in [0.25, 0.3) is 0 Å². The van der Waals surface area contributed by atoms with Crippen molar-refractivity contribution >= 4 is 11.9 Å². The Hall–Kier alpha value is -2.11. The molecule has 6 heteroatoms. The average molecular weight is 224 g/mol. The molecular weight excluding hydrogens is 212 g/mol. The fourth-order valence-corrected chi connectivity index (χ4v) is 1.13. The average Bonchev–Trinajstić information content (AvgIpc) is 2.24. The SMILES string of the molecule is O=C(O)CCCNC(=O)c1ccc[n+]([O-])c1. The van der Waals surface area contributed by atoms with E-state index in [0.717, 1.165) is 6.20 Å². The van der Waals surface area contributed by atoms with E-state index in [2.05, 4.69) is 5.32 Å². The van der Waals surface area contributed by atoms with Gasteiger partial charge in [-0.05, 0) is 12.5 Å². The van der Waals surface area contributed by atoms with Crippen molar-refractivity contribution in [2.75, 3.05) is 6.54 Å². The van der Waals surface area contributed by atoms with Gasteiger partial charge in [0.2, 0.25) is 0 Å². The first kappa shape index (κ1) is 12.0. The van der Waals surface area contributed by atoms with E-state index in [9.17, 15) is 14.8 Å². The number of hydrogen-bond acceptors (Lipinski definition) is 3. The van der Waals surface area contributed by atoms with E-state index < -0.39 is 5.97 Å². The highest BCUT2D eigenvalue weighted by Gasteiger charge is 2.07. The number of pyridine rings is 1. The number of nitrogens with one attached hydrogen (secondary N) is 1. The van der Waals surface area contributed by atoms with Gasteiger partial charge < -0.3 is 15.6 Å². The van der Waals surface area contributed by atoms with E-state index in [1.165, 1.54) is 18.3 Å². The molecule has 0 bridgehead atoms. The Morgan fingerprint density at radius 1 is 1.50 bits per heavy atom. The van der Waals surface area contributed by atoms with E-state index in [-0.39, 0.29) is 24.4 Å². The minimum Gasteiger partial charge on any atom is -0.619 e. The van der Waals surface area contributed by atoms with Gasteiger partial charge in [0.15, 0.2) is 12.4 Å². The van der Waals surface area contributed by atoms with Crippen molar-refractivity contribution in [3.05, 3.63) is 35.3 Å². The molecule has 1 amide bonds. The van der Waals surface area contributed by atoms with Crippen molar-refractivity contribution in [1.29, 1.82) is 0 Å². The molecule has 0 aliphatic carbocycles. The molecule has 0 atom stereocenters. The molecule has 0 aliphatic rings. The molecule has 0 unspecified atom stereocenters. The van der Waals surface area contributed by atoms with E-state index in [1.807, 2.05) is 0 Å². The number of amides is 1. The summed E-state index contributed by atoms with van der Waals surface area (Å²) in [5.41, 5.74) is 0.257. The van der Waals surface area contributed by atoms with E-state index in [0.29, 0.717) is 11.2 Å². The van der Waals surface area contributed by atoms with E-state index in [4.69, 9.17) is 5.11 Å². The van der Waals surface area contributed by atoms with Crippen LogP contribution in [0.5, 0.6) is 0 Å². The number of carbonyl (C=O) groups excluding carboxylic acids is 1. The predicted molar refractivity (Wildman–Crippen MR) is 54.6 cm³/mol. The van der Waals surface area contributed by atoms with Gasteiger partial charge in [-0.2, -0.15) is 4.73 Å². The van der Waals surface area contributed by atoms with Gasteiger partial charge in [0.05, 0.1) is 0 Å².